The van der Waals surface area contributed by atoms with Gasteiger partial charge < -0.3 is 10.4 Å². The summed E-state index contributed by atoms with van der Waals surface area (Å²) < 4.78 is 1.61. The van der Waals surface area contributed by atoms with Crippen molar-refractivity contribution in [3.8, 4) is 5.69 Å². The number of carbonyl (C=O) groups excluding carboxylic acids is 1. The van der Waals surface area contributed by atoms with Gasteiger partial charge in [0.25, 0.3) is 5.91 Å². The van der Waals surface area contributed by atoms with Crippen molar-refractivity contribution < 1.29 is 14.7 Å². The van der Waals surface area contributed by atoms with Crippen LogP contribution < -0.4 is 5.32 Å². The minimum Gasteiger partial charge on any atom is -0.481 e. The molecule has 1 fully saturated rings. The van der Waals surface area contributed by atoms with Gasteiger partial charge in [0, 0.05) is 17.3 Å². The molecule has 0 radical (unpaired) electrons. The molecule has 1 saturated carbocycles. The first kappa shape index (κ1) is 16.5. The Morgan fingerprint density at radius 2 is 2.00 bits per heavy atom. The van der Waals surface area contributed by atoms with Crippen molar-refractivity contribution in [1.82, 2.24) is 15.1 Å². The zero-order valence-corrected chi connectivity index (χ0v) is 14.0. The molecule has 1 aromatic carbocycles. The first-order valence-electron chi connectivity index (χ1n) is 7.81. The lowest BCUT2D eigenvalue weighted by Gasteiger charge is -2.17. The SMILES string of the molecule is Cc1nn(-c2ccc(Cl)cc2)cc1C(=O)N[C@H]1CCC[C@H]1C(=O)O. The van der Waals surface area contributed by atoms with Crippen LogP contribution in [-0.2, 0) is 4.79 Å². The van der Waals surface area contributed by atoms with E-state index in [1.54, 1.807) is 29.9 Å². The molecule has 3 rings (SSSR count). The van der Waals surface area contributed by atoms with Gasteiger partial charge in [-0.1, -0.05) is 18.0 Å². The predicted octanol–water partition coefficient (Wildman–Crippen LogP) is 2.82. The van der Waals surface area contributed by atoms with Gasteiger partial charge in [0.2, 0.25) is 0 Å². The Balaban J connectivity index is 1.78. The molecule has 1 heterocycles. The van der Waals surface area contributed by atoms with Crippen molar-refractivity contribution in [3.05, 3.63) is 46.7 Å². The molecule has 2 aromatic rings. The third-order valence-corrected chi connectivity index (χ3v) is 4.64. The lowest BCUT2D eigenvalue weighted by atomic mass is 10.0. The molecule has 1 aromatic heterocycles. The molecule has 2 N–H and O–H groups in total. The van der Waals surface area contributed by atoms with Crippen molar-refractivity contribution in [2.45, 2.75) is 32.2 Å². The zero-order chi connectivity index (χ0) is 17.3. The van der Waals surface area contributed by atoms with Crippen molar-refractivity contribution in [2.75, 3.05) is 0 Å². The van der Waals surface area contributed by atoms with Crippen molar-refractivity contribution in [3.63, 3.8) is 0 Å². The van der Waals surface area contributed by atoms with E-state index in [1.165, 1.54) is 0 Å². The monoisotopic (exact) mass is 347 g/mol. The summed E-state index contributed by atoms with van der Waals surface area (Å²) in [6.45, 7) is 1.75. The molecule has 1 amide bonds. The van der Waals surface area contributed by atoms with Crippen LogP contribution in [0.2, 0.25) is 5.02 Å². The number of nitrogens with one attached hydrogen (secondary N) is 1. The Morgan fingerprint density at radius 3 is 2.67 bits per heavy atom. The van der Waals surface area contributed by atoms with Crippen molar-refractivity contribution >= 4 is 23.5 Å². The van der Waals surface area contributed by atoms with E-state index in [0.717, 1.165) is 12.1 Å². The third-order valence-electron chi connectivity index (χ3n) is 4.38. The molecule has 0 unspecified atom stereocenters. The van der Waals surface area contributed by atoms with Gasteiger partial charge in [-0.2, -0.15) is 5.10 Å². The number of benzene rings is 1. The minimum atomic E-state index is -0.855. The molecule has 6 nitrogen and oxygen atoms in total. The van der Waals surface area contributed by atoms with Crippen LogP contribution in [0.5, 0.6) is 0 Å². The second kappa shape index (κ2) is 6.65. The number of carbonyl (C=O) groups is 2. The number of aliphatic carboxylic acids is 1. The number of carboxylic acids is 1. The van der Waals surface area contributed by atoms with Gasteiger partial charge in [-0.3, -0.25) is 9.59 Å². The maximum atomic E-state index is 12.5. The zero-order valence-electron chi connectivity index (χ0n) is 13.2. The van der Waals surface area contributed by atoms with E-state index in [9.17, 15) is 14.7 Å². The molecule has 0 spiro atoms. The predicted molar refractivity (Wildman–Crippen MR) is 89.5 cm³/mol. The van der Waals surface area contributed by atoms with Gasteiger partial charge in [-0.25, -0.2) is 4.68 Å². The second-order valence-corrected chi connectivity index (χ2v) is 6.44. The maximum absolute atomic E-state index is 12.5. The highest BCUT2D eigenvalue weighted by Crippen LogP contribution is 2.26. The number of nitrogens with zero attached hydrogens (tertiary/aromatic N) is 2. The standard InChI is InChI=1S/C17H18ClN3O3/c1-10-14(9-21(20-10)12-7-5-11(18)6-8-12)16(22)19-15-4-2-3-13(15)17(23)24/h5-9,13,15H,2-4H2,1H3,(H,19,22)(H,23,24)/t13-,15+/m1/s1. The number of amides is 1. The summed E-state index contributed by atoms with van der Waals surface area (Å²) in [5, 5.41) is 17.0. The molecule has 7 heteroatoms. The van der Waals surface area contributed by atoms with Crippen LogP contribution in [0.1, 0.15) is 35.3 Å². The molecular formula is C17H18ClN3O3. The number of aromatic nitrogens is 2. The molecule has 126 valence electrons. The summed E-state index contributed by atoms with van der Waals surface area (Å²) in [6, 6.07) is 6.81. The minimum absolute atomic E-state index is 0.286. The van der Waals surface area contributed by atoms with Gasteiger partial charge in [0.15, 0.2) is 0 Å². The number of carboxylic acid groups (broad SMARTS) is 1. The highest BCUT2D eigenvalue weighted by molar-refractivity contribution is 6.30. The summed E-state index contributed by atoms with van der Waals surface area (Å²) in [5.74, 6) is -1.65. The van der Waals surface area contributed by atoms with Gasteiger partial charge in [0.1, 0.15) is 0 Å². The fourth-order valence-corrected chi connectivity index (χ4v) is 3.21. The summed E-state index contributed by atoms with van der Waals surface area (Å²) in [4.78, 5) is 23.7. The highest BCUT2D eigenvalue weighted by Gasteiger charge is 2.34. The molecule has 0 aliphatic heterocycles. The summed E-state index contributed by atoms with van der Waals surface area (Å²) in [5.41, 5.74) is 1.83. The van der Waals surface area contributed by atoms with Crippen LogP contribution in [0, 0.1) is 12.8 Å². The van der Waals surface area contributed by atoms with Crippen LogP contribution in [0.25, 0.3) is 5.69 Å². The number of hydrogen-bond donors (Lipinski definition) is 2. The molecule has 1 aliphatic carbocycles. The van der Waals surface area contributed by atoms with E-state index >= 15 is 0 Å². The Kier molecular flexibility index (Phi) is 4.57. The first-order chi connectivity index (χ1) is 11.5. The number of hydrogen-bond acceptors (Lipinski definition) is 3. The van der Waals surface area contributed by atoms with Crippen molar-refractivity contribution in [2.24, 2.45) is 5.92 Å². The summed E-state index contributed by atoms with van der Waals surface area (Å²) >= 11 is 5.88. The van der Waals surface area contributed by atoms with Crippen molar-refractivity contribution in [1.29, 1.82) is 0 Å². The molecular weight excluding hydrogens is 330 g/mol. The number of halogens is 1. The highest BCUT2D eigenvalue weighted by atomic mass is 35.5. The topological polar surface area (TPSA) is 84.2 Å². The van der Waals surface area contributed by atoms with Crippen LogP contribution in [0.15, 0.2) is 30.5 Å². The normalized spacial score (nSPS) is 20.1. The summed E-state index contributed by atoms with van der Waals surface area (Å²) in [6.07, 6.45) is 3.75. The quantitative estimate of drug-likeness (QED) is 0.890. The van der Waals surface area contributed by atoms with Crippen LogP contribution in [-0.4, -0.2) is 32.8 Å². The maximum Gasteiger partial charge on any atom is 0.308 e. The van der Waals surface area contributed by atoms with Gasteiger partial charge >= 0.3 is 5.97 Å². The Hall–Kier alpha value is -2.34. The van der Waals surface area contributed by atoms with E-state index in [1.807, 2.05) is 12.1 Å². The number of rotatable bonds is 4. The average molecular weight is 348 g/mol. The molecule has 1 aliphatic rings. The first-order valence-corrected chi connectivity index (χ1v) is 8.19. The third kappa shape index (κ3) is 3.28. The van der Waals surface area contributed by atoms with Gasteiger partial charge in [0.05, 0.1) is 22.9 Å². The Morgan fingerprint density at radius 1 is 1.29 bits per heavy atom. The number of aryl methyl sites for hydroxylation is 1. The van der Waals surface area contributed by atoms with E-state index in [0.29, 0.717) is 29.1 Å². The fraction of sp³-hybridized carbons (Fsp3) is 0.353. The van der Waals surface area contributed by atoms with Crippen LogP contribution >= 0.6 is 11.6 Å². The fourth-order valence-electron chi connectivity index (χ4n) is 3.08. The molecule has 24 heavy (non-hydrogen) atoms. The second-order valence-electron chi connectivity index (χ2n) is 6.00. The van der Waals surface area contributed by atoms with E-state index < -0.39 is 11.9 Å². The Bertz CT molecular complexity index is 770. The molecule has 0 saturated heterocycles. The molecule has 2 atom stereocenters. The van der Waals surface area contributed by atoms with E-state index in [2.05, 4.69) is 10.4 Å². The largest absolute Gasteiger partial charge is 0.481 e. The summed E-state index contributed by atoms with van der Waals surface area (Å²) in [7, 11) is 0. The van der Waals surface area contributed by atoms with Gasteiger partial charge in [-0.15, -0.1) is 0 Å². The van der Waals surface area contributed by atoms with Crippen LogP contribution in [0.4, 0.5) is 0 Å². The Labute approximate surface area is 144 Å². The molecule has 0 bridgehead atoms. The van der Waals surface area contributed by atoms with Gasteiger partial charge in [-0.05, 0) is 44.0 Å². The van der Waals surface area contributed by atoms with Crippen LogP contribution in [0.3, 0.4) is 0 Å². The average Bonchev–Trinajstić information content (AvgIpc) is 3.14. The smallest absolute Gasteiger partial charge is 0.308 e. The lowest BCUT2D eigenvalue weighted by molar-refractivity contribution is -0.142. The van der Waals surface area contributed by atoms with E-state index in [-0.39, 0.29) is 11.9 Å². The van der Waals surface area contributed by atoms with E-state index in [4.69, 9.17) is 11.6 Å². The lowest BCUT2D eigenvalue weighted by Crippen LogP contribution is -2.40.